The van der Waals surface area contributed by atoms with Crippen LogP contribution in [0.3, 0.4) is 0 Å². The van der Waals surface area contributed by atoms with Gasteiger partial charge >= 0.3 is 12.1 Å². The van der Waals surface area contributed by atoms with Crippen LogP contribution in [0.1, 0.15) is 82.9 Å². The molecule has 3 heterocycles. The smallest absolute Gasteiger partial charge is 0.410 e. The fraction of sp³-hybridized carbons (Fsp3) is 0.543. The van der Waals surface area contributed by atoms with Gasteiger partial charge in [0, 0.05) is 50.6 Å². The second-order valence-electron chi connectivity index (χ2n) is 13.4. The van der Waals surface area contributed by atoms with Crippen molar-refractivity contribution in [3.63, 3.8) is 0 Å². The molecule has 2 fully saturated rings. The van der Waals surface area contributed by atoms with Crippen LogP contribution in [0, 0.1) is 23.2 Å². The molecule has 48 heavy (non-hydrogen) atoms. The van der Waals surface area contributed by atoms with Crippen LogP contribution in [-0.2, 0) is 23.9 Å². The summed E-state index contributed by atoms with van der Waals surface area (Å²) in [6.45, 7) is 7.63. The molecule has 11 nitrogen and oxygen atoms in total. The highest BCUT2D eigenvalue weighted by Gasteiger charge is 2.32. The number of likely N-dealkylation sites (tertiary alicyclic amines) is 2. The summed E-state index contributed by atoms with van der Waals surface area (Å²) in [5.74, 6) is -0.878. The third kappa shape index (κ3) is 10.2. The van der Waals surface area contributed by atoms with Crippen molar-refractivity contribution in [3.8, 4) is 17.2 Å². The van der Waals surface area contributed by atoms with E-state index in [0.717, 1.165) is 19.3 Å². The number of halogens is 1. The number of nitrogens with zero attached hydrogens (tertiary/aromatic N) is 4. The van der Waals surface area contributed by atoms with Gasteiger partial charge in [0.25, 0.3) is 0 Å². The highest BCUT2D eigenvalue weighted by atomic mass is 32.2. The van der Waals surface area contributed by atoms with Crippen molar-refractivity contribution in [1.29, 1.82) is 5.26 Å². The number of aromatic nitrogens is 1. The number of piperidine rings is 2. The monoisotopic (exact) mass is 681 g/mol. The van der Waals surface area contributed by atoms with Crippen molar-refractivity contribution in [1.82, 2.24) is 20.1 Å². The Morgan fingerprint density at radius 2 is 1.83 bits per heavy atom. The van der Waals surface area contributed by atoms with Gasteiger partial charge in [-0.1, -0.05) is 6.07 Å². The number of nitriles is 1. The molecule has 2 atom stereocenters. The van der Waals surface area contributed by atoms with Crippen LogP contribution in [0.4, 0.5) is 8.68 Å². The van der Waals surface area contributed by atoms with E-state index in [1.807, 2.05) is 26.8 Å². The lowest BCUT2D eigenvalue weighted by Crippen LogP contribution is -2.46. The summed E-state index contributed by atoms with van der Waals surface area (Å²) >= 11 is -0.0167. The molecular formula is C35H44FN5O6S. The normalized spacial score (nSPS) is 17.6. The largest absolute Gasteiger partial charge is 0.469 e. The van der Waals surface area contributed by atoms with Crippen molar-refractivity contribution in [3.05, 3.63) is 47.8 Å². The SMILES string of the molecule is COC(=O)CC(NC(=O)C1CCCN(C(=O)CCC2CCN(C(=O)OC(C)(C)C)CC2)C1)c1cncc(-c2ccc(C#N)c(SF)c2)c1. The zero-order valence-corrected chi connectivity index (χ0v) is 28.8. The molecule has 4 rings (SSSR count). The van der Waals surface area contributed by atoms with Gasteiger partial charge in [-0.2, -0.15) is 9.15 Å². The number of carbonyl (C=O) groups is 4. The average Bonchev–Trinajstić information content (AvgIpc) is 3.09. The average molecular weight is 682 g/mol. The molecule has 0 radical (unpaired) electrons. The van der Waals surface area contributed by atoms with Crippen LogP contribution < -0.4 is 5.32 Å². The first kappa shape index (κ1) is 36.7. The number of carbonyl (C=O) groups excluding carboxylic acids is 4. The molecule has 13 heteroatoms. The molecule has 2 aliphatic heterocycles. The Balaban J connectivity index is 1.35. The lowest BCUT2D eigenvalue weighted by atomic mass is 9.91. The van der Waals surface area contributed by atoms with Gasteiger partial charge in [0.15, 0.2) is 0 Å². The molecular weight excluding hydrogens is 637 g/mol. The molecule has 2 aromatic rings. The van der Waals surface area contributed by atoms with Gasteiger partial charge in [-0.25, -0.2) is 4.79 Å². The van der Waals surface area contributed by atoms with Crippen molar-refractivity contribution in [2.75, 3.05) is 33.3 Å². The van der Waals surface area contributed by atoms with E-state index in [9.17, 15) is 28.3 Å². The van der Waals surface area contributed by atoms with Crippen LogP contribution in [0.5, 0.6) is 0 Å². The highest BCUT2D eigenvalue weighted by molar-refractivity contribution is 7.94. The summed E-state index contributed by atoms with van der Waals surface area (Å²) in [7, 11) is 1.28. The zero-order chi connectivity index (χ0) is 34.8. The predicted octanol–water partition coefficient (Wildman–Crippen LogP) is 5.98. The molecule has 0 bridgehead atoms. The minimum absolute atomic E-state index is 0.0123. The van der Waals surface area contributed by atoms with Gasteiger partial charge in [0.05, 0.1) is 48.1 Å². The highest BCUT2D eigenvalue weighted by Crippen LogP contribution is 2.31. The fourth-order valence-corrected chi connectivity index (χ4v) is 6.46. The number of hydrogen-bond donors (Lipinski definition) is 1. The standard InChI is InChI=1S/C35H44FN5O6S/c1-35(2,3)47-34(45)40-14-11-23(12-15-40)7-10-31(42)41-13-5-6-26(22-41)33(44)39-29(18-32(43)46-4)28-16-27(20-38-21-28)24-8-9-25(19-37)30(17-24)48-36/h8-9,16-17,20-21,23,26,29H,5-7,10-15,18,22H2,1-4H3,(H,39,44). The van der Waals surface area contributed by atoms with E-state index >= 15 is 0 Å². The molecule has 258 valence electrons. The van der Waals surface area contributed by atoms with Crippen LogP contribution in [0.2, 0.25) is 0 Å². The maximum absolute atomic E-state index is 13.6. The van der Waals surface area contributed by atoms with Crippen molar-refractivity contribution in [2.45, 2.75) is 82.3 Å². The van der Waals surface area contributed by atoms with E-state index in [1.54, 1.807) is 40.4 Å². The molecule has 3 amide bonds. The third-order valence-electron chi connectivity index (χ3n) is 8.77. The van der Waals surface area contributed by atoms with E-state index < -0.39 is 23.5 Å². The van der Waals surface area contributed by atoms with E-state index in [1.165, 1.54) is 13.2 Å². The number of benzene rings is 1. The first-order valence-electron chi connectivity index (χ1n) is 16.3. The maximum Gasteiger partial charge on any atom is 0.410 e. The third-order valence-corrected chi connectivity index (χ3v) is 9.28. The number of esters is 1. The Morgan fingerprint density at radius 1 is 1.08 bits per heavy atom. The first-order chi connectivity index (χ1) is 22.9. The topological polar surface area (TPSA) is 142 Å². The van der Waals surface area contributed by atoms with Gasteiger partial charge in [0.1, 0.15) is 11.7 Å². The Bertz CT molecular complexity index is 1520. The zero-order valence-electron chi connectivity index (χ0n) is 28.0. The van der Waals surface area contributed by atoms with Crippen LogP contribution in [-0.4, -0.2) is 77.6 Å². The van der Waals surface area contributed by atoms with Crippen molar-refractivity contribution in [2.24, 2.45) is 11.8 Å². The maximum atomic E-state index is 13.6. The first-order valence-corrected chi connectivity index (χ1v) is 17.0. The predicted molar refractivity (Wildman–Crippen MR) is 178 cm³/mol. The number of rotatable bonds is 10. The van der Waals surface area contributed by atoms with Crippen LogP contribution in [0.15, 0.2) is 41.6 Å². The van der Waals surface area contributed by atoms with E-state index in [4.69, 9.17) is 9.47 Å². The molecule has 2 aliphatic rings. The number of methoxy groups -OCH3 is 1. The quantitative estimate of drug-likeness (QED) is 0.300. The number of ether oxygens (including phenoxy) is 2. The summed E-state index contributed by atoms with van der Waals surface area (Å²) in [5, 5.41) is 12.2. The van der Waals surface area contributed by atoms with Gasteiger partial charge in [-0.15, -0.1) is 0 Å². The summed E-state index contributed by atoms with van der Waals surface area (Å²) < 4.78 is 23.8. The molecule has 2 unspecified atom stereocenters. The summed E-state index contributed by atoms with van der Waals surface area (Å²) in [6.07, 6.45) is 6.74. The summed E-state index contributed by atoms with van der Waals surface area (Å²) in [4.78, 5) is 59.5. The molecule has 1 aromatic heterocycles. The molecule has 2 saturated heterocycles. The fourth-order valence-electron chi connectivity index (χ4n) is 6.09. The van der Waals surface area contributed by atoms with Gasteiger partial charge in [-0.05, 0) is 88.1 Å². The molecule has 1 N–H and O–H groups in total. The van der Waals surface area contributed by atoms with Gasteiger partial charge < -0.3 is 24.6 Å². The summed E-state index contributed by atoms with van der Waals surface area (Å²) in [6, 6.07) is 7.76. The van der Waals surface area contributed by atoms with E-state index in [2.05, 4.69) is 10.3 Å². The van der Waals surface area contributed by atoms with E-state index in [0.29, 0.717) is 68.0 Å². The number of amides is 3. The van der Waals surface area contributed by atoms with Crippen molar-refractivity contribution < 1.29 is 32.5 Å². The molecule has 0 saturated carbocycles. The Labute approximate surface area is 285 Å². The van der Waals surface area contributed by atoms with Gasteiger partial charge in [0.2, 0.25) is 11.8 Å². The molecule has 0 aliphatic carbocycles. The minimum Gasteiger partial charge on any atom is -0.469 e. The van der Waals surface area contributed by atoms with Gasteiger partial charge in [-0.3, -0.25) is 19.4 Å². The Hall–Kier alpha value is -4.18. The Morgan fingerprint density at radius 3 is 2.50 bits per heavy atom. The number of pyridine rings is 1. The lowest BCUT2D eigenvalue weighted by Gasteiger charge is -2.35. The van der Waals surface area contributed by atoms with Crippen molar-refractivity contribution >= 4 is 36.0 Å². The van der Waals surface area contributed by atoms with Crippen LogP contribution >= 0.6 is 12.1 Å². The number of hydrogen-bond acceptors (Lipinski definition) is 9. The second kappa shape index (κ2) is 16.8. The van der Waals surface area contributed by atoms with Crippen LogP contribution in [0.25, 0.3) is 11.1 Å². The molecule has 1 aromatic carbocycles. The van der Waals surface area contributed by atoms with E-state index in [-0.39, 0.29) is 46.9 Å². The Kier molecular flexibility index (Phi) is 12.8. The number of nitrogens with one attached hydrogen (secondary N) is 1. The summed E-state index contributed by atoms with van der Waals surface area (Å²) in [5.41, 5.74) is 1.49. The molecule has 0 spiro atoms. The second-order valence-corrected chi connectivity index (χ2v) is 14.0. The minimum atomic E-state index is -0.747. The lowest BCUT2D eigenvalue weighted by molar-refractivity contribution is -0.141.